The molecule has 0 aliphatic carbocycles. The van der Waals surface area contributed by atoms with Gasteiger partial charge in [-0.15, -0.1) is 0 Å². The summed E-state index contributed by atoms with van der Waals surface area (Å²) in [6.07, 6.45) is 1.99. The van der Waals surface area contributed by atoms with Gasteiger partial charge in [0.05, 0.1) is 13.2 Å². The lowest BCUT2D eigenvalue weighted by Gasteiger charge is -2.15. The van der Waals surface area contributed by atoms with Crippen LogP contribution in [-0.2, 0) is 4.74 Å². The lowest BCUT2D eigenvalue weighted by atomic mass is 10.3. The Morgan fingerprint density at radius 2 is 2.39 bits per heavy atom. The average molecular weight is 316 g/mol. The van der Waals surface area contributed by atoms with Crippen molar-refractivity contribution in [2.75, 3.05) is 20.2 Å². The Morgan fingerprint density at radius 3 is 3.00 bits per heavy atom. The molecular weight excluding hydrogens is 302 g/mol. The van der Waals surface area contributed by atoms with Crippen molar-refractivity contribution in [3.63, 3.8) is 0 Å². The quantitative estimate of drug-likeness (QED) is 0.865. The second kappa shape index (κ2) is 5.43. The van der Waals surface area contributed by atoms with Gasteiger partial charge in [0.2, 0.25) is 0 Å². The molecule has 0 aromatic carbocycles. The molecule has 2 N–H and O–H groups in total. The number of methoxy groups -OCH3 is 1. The number of carbonyl (C=O) groups is 2. The molecule has 1 aromatic rings. The minimum atomic E-state index is -0.461. The first-order chi connectivity index (χ1) is 8.60. The topological polar surface area (TPSA) is 74.4 Å². The van der Waals surface area contributed by atoms with Crippen LogP contribution in [0.25, 0.3) is 0 Å². The molecule has 6 nitrogen and oxygen atoms in total. The number of H-pyrrole nitrogens is 1. The molecule has 1 aliphatic heterocycles. The molecule has 2 amide bonds. The molecule has 1 aromatic heterocycles. The van der Waals surface area contributed by atoms with Crippen LogP contribution in [0.1, 0.15) is 16.9 Å². The fraction of sp³-hybridized carbons (Fsp3) is 0.455. The smallest absolute Gasteiger partial charge is 0.407 e. The third kappa shape index (κ3) is 2.84. The number of rotatable bonds is 2. The van der Waals surface area contributed by atoms with Crippen molar-refractivity contribution in [3.8, 4) is 0 Å². The standard InChI is InChI=1S/C11H14BrN3O3/c1-18-11(17)14-8-2-3-15(6-8)10(16)9-4-7(12)5-13-9/h4-5,8,13H,2-3,6H2,1H3,(H,14,17). The maximum Gasteiger partial charge on any atom is 0.407 e. The molecule has 98 valence electrons. The zero-order valence-corrected chi connectivity index (χ0v) is 11.5. The number of ether oxygens (including phenoxy) is 1. The zero-order valence-electron chi connectivity index (χ0n) is 9.90. The summed E-state index contributed by atoms with van der Waals surface area (Å²) >= 11 is 3.29. The molecule has 1 saturated heterocycles. The summed E-state index contributed by atoms with van der Waals surface area (Å²) in [6, 6.07) is 1.70. The molecule has 2 heterocycles. The fourth-order valence-corrected chi connectivity index (χ4v) is 2.29. The van der Waals surface area contributed by atoms with Gasteiger partial charge in [0.1, 0.15) is 5.69 Å². The highest BCUT2D eigenvalue weighted by atomic mass is 79.9. The number of carbonyl (C=O) groups excluding carboxylic acids is 2. The van der Waals surface area contributed by atoms with Gasteiger partial charge in [-0.3, -0.25) is 4.79 Å². The van der Waals surface area contributed by atoms with E-state index in [9.17, 15) is 9.59 Å². The lowest BCUT2D eigenvalue weighted by molar-refractivity contribution is 0.0783. The Kier molecular flexibility index (Phi) is 3.90. The maximum atomic E-state index is 12.1. The highest BCUT2D eigenvalue weighted by Gasteiger charge is 2.28. The molecule has 1 unspecified atom stereocenters. The molecule has 1 aliphatic rings. The van der Waals surface area contributed by atoms with Crippen molar-refractivity contribution in [1.82, 2.24) is 15.2 Å². The fourth-order valence-electron chi connectivity index (χ4n) is 1.95. The van der Waals surface area contributed by atoms with Crippen LogP contribution in [0.15, 0.2) is 16.7 Å². The second-order valence-corrected chi connectivity index (χ2v) is 5.02. The monoisotopic (exact) mass is 315 g/mol. The minimum Gasteiger partial charge on any atom is -0.453 e. The normalized spacial score (nSPS) is 18.8. The first-order valence-electron chi connectivity index (χ1n) is 5.58. The number of aromatic amines is 1. The first kappa shape index (κ1) is 12.9. The van der Waals surface area contributed by atoms with Crippen molar-refractivity contribution in [1.29, 1.82) is 0 Å². The predicted molar refractivity (Wildman–Crippen MR) is 68.3 cm³/mol. The van der Waals surface area contributed by atoms with E-state index in [4.69, 9.17) is 0 Å². The number of halogens is 1. The van der Waals surface area contributed by atoms with Crippen molar-refractivity contribution in [2.24, 2.45) is 0 Å². The first-order valence-corrected chi connectivity index (χ1v) is 6.37. The summed E-state index contributed by atoms with van der Waals surface area (Å²) in [5, 5.41) is 2.70. The average Bonchev–Trinajstić information content (AvgIpc) is 2.97. The van der Waals surface area contributed by atoms with E-state index >= 15 is 0 Å². The molecule has 2 rings (SSSR count). The van der Waals surface area contributed by atoms with Crippen LogP contribution in [0, 0.1) is 0 Å². The van der Waals surface area contributed by atoms with Gasteiger partial charge in [-0.1, -0.05) is 0 Å². The minimum absolute atomic E-state index is 0.0418. The number of nitrogens with zero attached hydrogens (tertiary/aromatic N) is 1. The van der Waals surface area contributed by atoms with Crippen LogP contribution < -0.4 is 5.32 Å². The molecule has 7 heteroatoms. The molecule has 1 atom stereocenters. The van der Waals surface area contributed by atoms with Crippen LogP contribution in [0.5, 0.6) is 0 Å². The van der Waals surface area contributed by atoms with Gasteiger partial charge in [0, 0.05) is 23.8 Å². The van der Waals surface area contributed by atoms with Crippen molar-refractivity contribution in [3.05, 3.63) is 22.4 Å². The Morgan fingerprint density at radius 1 is 1.61 bits per heavy atom. The van der Waals surface area contributed by atoms with Gasteiger partial charge in [0.15, 0.2) is 0 Å². The molecule has 0 bridgehead atoms. The highest BCUT2D eigenvalue weighted by molar-refractivity contribution is 9.10. The van der Waals surface area contributed by atoms with E-state index in [0.29, 0.717) is 18.8 Å². The third-order valence-corrected chi connectivity index (χ3v) is 3.32. The van der Waals surface area contributed by atoms with Crippen molar-refractivity contribution < 1.29 is 14.3 Å². The number of amides is 2. The summed E-state index contributed by atoms with van der Waals surface area (Å²) in [7, 11) is 1.32. The Bertz CT molecular complexity index is 460. The van der Waals surface area contributed by atoms with E-state index in [1.807, 2.05) is 0 Å². The lowest BCUT2D eigenvalue weighted by Crippen LogP contribution is -2.38. The van der Waals surface area contributed by atoms with Crippen LogP contribution in [0.2, 0.25) is 0 Å². The van der Waals surface area contributed by atoms with Gasteiger partial charge in [0.25, 0.3) is 5.91 Å². The number of likely N-dealkylation sites (tertiary alicyclic amines) is 1. The van der Waals surface area contributed by atoms with E-state index in [2.05, 4.69) is 31.0 Å². The van der Waals surface area contributed by atoms with E-state index in [-0.39, 0.29) is 11.9 Å². The maximum absolute atomic E-state index is 12.1. The Hall–Kier alpha value is -1.50. The van der Waals surface area contributed by atoms with Crippen LogP contribution in [0.4, 0.5) is 4.79 Å². The van der Waals surface area contributed by atoms with Gasteiger partial charge < -0.3 is 19.9 Å². The third-order valence-electron chi connectivity index (χ3n) is 2.86. The number of hydrogen-bond acceptors (Lipinski definition) is 3. The molecule has 0 saturated carbocycles. The summed E-state index contributed by atoms with van der Waals surface area (Å²) in [4.78, 5) is 27.8. The summed E-state index contributed by atoms with van der Waals surface area (Å²) < 4.78 is 5.37. The van der Waals surface area contributed by atoms with E-state index in [0.717, 1.165) is 10.9 Å². The summed E-state index contributed by atoms with van der Waals surface area (Å²) in [5.74, 6) is -0.0603. The molecular formula is C11H14BrN3O3. The van der Waals surface area contributed by atoms with Crippen molar-refractivity contribution in [2.45, 2.75) is 12.5 Å². The predicted octanol–water partition coefficient (Wildman–Crippen LogP) is 1.35. The van der Waals surface area contributed by atoms with E-state index in [1.165, 1.54) is 7.11 Å². The molecule has 1 fully saturated rings. The SMILES string of the molecule is COC(=O)NC1CCN(C(=O)c2cc(Br)c[nH]2)C1. The number of alkyl carbamates (subject to hydrolysis) is 1. The molecule has 0 spiro atoms. The van der Waals surface area contributed by atoms with Crippen molar-refractivity contribution >= 4 is 27.9 Å². The largest absolute Gasteiger partial charge is 0.453 e. The summed E-state index contributed by atoms with van der Waals surface area (Å²) in [6.45, 7) is 1.13. The Balaban J connectivity index is 1.92. The van der Waals surface area contributed by atoms with E-state index < -0.39 is 6.09 Å². The van der Waals surface area contributed by atoms with Crippen LogP contribution >= 0.6 is 15.9 Å². The zero-order chi connectivity index (χ0) is 13.1. The Labute approximate surface area is 113 Å². The van der Waals surface area contributed by atoms with Crippen LogP contribution in [-0.4, -0.2) is 48.1 Å². The van der Waals surface area contributed by atoms with E-state index in [1.54, 1.807) is 17.2 Å². The molecule has 18 heavy (non-hydrogen) atoms. The van der Waals surface area contributed by atoms with Gasteiger partial charge in [-0.2, -0.15) is 0 Å². The summed E-state index contributed by atoms with van der Waals surface area (Å²) in [5.41, 5.74) is 0.542. The van der Waals surface area contributed by atoms with Gasteiger partial charge in [-0.05, 0) is 28.4 Å². The second-order valence-electron chi connectivity index (χ2n) is 4.10. The highest BCUT2D eigenvalue weighted by Crippen LogP contribution is 2.16. The number of aromatic nitrogens is 1. The molecule has 0 radical (unpaired) electrons. The van der Waals surface area contributed by atoms with Gasteiger partial charge in [-0.25, -0.2) is 4.79 Å². The number of hydrogen-bond donors (Lipinski definition) is 2. The van der Waals surface area contributed by atoms with Gasteiger partial charge >= 0.3 is 6.09 Å². The van der Waals surface area contributed by atoms with Crippen LogP contribution in [0.3, 0.4) is 0 Å². The number of nitrogens with one attached hydrogen (secondary N) is 2.